The second-order valence-corrected chi connectivity index (χ2v) is 7.27. The van der Waals surface area contributed by atoms with Crippen LogP contribution >= 0.6 is 0 Å². The first kappa shape index (κ1) is 19.4. The normalized spacial score (nSPS) is 16.0. The molecule has 0 saturated carbocycles. The molecule has 0 amide bonds. The van der Waals surface area contributed by atoms with Gasteiger partial charge in [0, 0.05) is 45.5 Å². The van der Waals surface area contributed by atoms with Crippen molar-refractivity contribution >= 4 is 5.96 Å². The number of aryl methyl sites for hydroxylation is 2. The molecule has 1 aromatic carbocycles. The Kier molecular flexibility index (Phi) is 6.87. The van der Waals surface area contributed by atoms with E-state index in [1.54, 1.807) is 0 Å². The van der Waals surface area contributed by atoms with Gasteiger partial charge >= 0.3 is 0 Å². The van der Waals surface area contributed by atoms with E-state index in [9.17, 15) is 0 Å². The Balaban J connectivity index is 1.50. The molecule has 6 heteroatoms. The van der Waals surface area contributed by atoms with Crippen molar-refractivity contribution in [3.05, 3.63) is 53.3 Å². The van der Waals surface area contributed by atoms with Crippen LogP contribution in [-0.4, -0.2) is 64.8 Å². The molecule has 146 valence electrons. The maximum absolute atomic E-state index is 4.81. The summed E-state index contributed by atoms with van der Waals surface area (Å²) in [5.74, 6) is 1.02. The number of aliphatic imine (C=N–C) groups is 1. The minimum Gasteiger partial charge on any atom is -0.357 e. The lowest BCUT2D eigenvalue weighted by Gasteiger charge is -2.36. The van der Waals surface area contributed by atoms with Crippen LogP contribution in [0.3, 0.4) is 0 Å². The van der Waals surface area contributed by atoms with E-state index in [-0.39, 0.29) is 0 Å². The smallest absolute Gasteiger partial charge is 0.194 e. The van der Waals surface area contributed by atoms with Gasteiger partial charge in [-0.1, -0.05) is 29.8 Å². The first-order chi connectivity index (χ1) is 13.1. The van der Waals surface area contributed by atoms with Crippen molar-refractivity contribution in [2.45, 2.75) is 33.9 Å². The van der Waals surface area contributed by atoms with Gasteiger partial charge in [0.2, 0.25) is 0 Å². The van der Waals surface area contributed by atoms with Crippen LogP contribution in [0.1, 0.15) is 23.6 Å². The molecule has 0 unspecified atom stereocenters. The average Bonchev–Trinajstić information content (AvgIpc) is 3.07. The minimum atomic E-state index is 0.743. The second kappa shape index (κ2) is 9.55. The molecule has 1 aromatic heterocycles. The highest BCUT2D eigenvalue weighted by molar-refractivity contribution is 5.80. The quantitative estimate of drug-likeness (QED) is 0.628. The number of hydrogen-bond donors (Lipinski definition) is 1. The Bertz CT molecular complexity index is 743. The van der Waals surface area contributed by atoms with E-state index < -0.39 is 0 Å². The highest BCUT2D eigenvalue weighted by atomic mass is 15.3. The average molecular weight is 369 g/mol. The maximum atomic E-state index is 4.81. The molecule has 0 bridgehead atoms. The van der Waals surface area contributed by atoms with Crippen molar-refractivity contribution in [1.82, 2.24) is 24.9 Å². The van der Waals surface area contributed by atoms with Gasteiger partial charge in [-0.3, -0.25) is 14.6 Å². The minimum absolute atomic E-state index is 0.743. The Labute approximate surface area is 162 Å². The third-order valence-corrected chi connectivity index (χ3v) is 4.85. The van der Waals surface area contributed by atoms with E-state index in [0.29, 0.717) is 0 Å². The summed E-state index contributed by atoms with van der Waals surface area (Å²) in [6.45, 7) is 14.0. The molecule has 2 aromatic rings. The molecule has 1 N–H and O–H groups in total. The van der Waals surface area contributed by atoms with Crippen molar-refractivity contribution in [3.63, 3.8) is 0 Å². The number of nitrogens with zero attached hydrogens (tertiary/aromatic N) is 5. The first-order valence-corrected chi connectivity index (χ1v) is 9.94. The van der Waals surface area contributed by atoms with Gasteiger partial charge in [-0.2, -0.15) is 5.10 Å². The van der Waals surface area contributed by atoms with Crippen LogP contribution in [0, 0.1) is 13.8 Å². The van der Waals surface area contributed by atoms with Gasteiger partial charge in [0.25, 0.3) is 0 Å². The fourth-order valence-electron chi connectivity index (χ4n) is 3.46. The lowest BCUT2D eigenvalue weighted by atomic mass is 10.1. The monoisotopic (exact) mass is 368 g/mol. The molecule has 1 aliphatic rings. The third-order valence-electron chi connectivity index (χ3n) is 4.85. The topological polar surface area (TPSA) is 48.7 Å². The van der Waals surface area contributed by atoms with Gasteiger partial charge < -0.3 is 10.2 Å². The Morgan fingerprint density at radius 2 is 1.96 bits per heavy atom. The van der Waals surface area contributed by atoms with Crippen molar-refractivity contribution < 1.29 is 0 Å². The highest BCUT2D eigenvalue weighted by Crippen LogP contribution is 2.10. The summed E-state index contributed by atoms with van der Waals surface area (Å²) >= 11 is 0. The van der Waals surface area contributed by atoms with Gasteiger partial charge in [0.1, 0.15) is 0 Å². The van der Waals surface area contributed by atoms with Crippen molar-refractivity contribution in [3.8, 4) is 0 Å². The van der Waals surface area contributed by atoms with Crippen LogP contribution in [0.25, 0.3) is 0 Å². The second-order valence-electron chi connectivity index (χ2n) is 7.27. The summed E-state index contributed by atoms with van der Waals surface area (Å²) in [5, 5.41) is 7.78. The molecule has 1 aliphatic heterocycles. The predicted molar refractivity (Wildman–Crippen MR) is 111 cm³/mol. The molecule has 1 fully saturated rings. The molecule has 0 atom stereocenters. The van der Waals surface area contributed by atoms with Crippen molar-refractivity contribution in [1.29, 1.82) is 0 Å². The Morgan fingerprint density at radius 3 is 2.63 bits per heavy atom. The van der Waals surface area contributed by atoms with Crippen LogP contribution in [0.4, 0.5) is 0 Å². The van der Waals surface area contributed by atoms with E-state index in [4.69, 9.17) is 4.99 Å². The summed E-state index contributed by atoms with van der Waals surface area (Å²) < 4.78 is 1.96. The molecule has 3 rings (SSSR count). The van der Waals surface area contributed by atoms with Crippen LogP contribution in [0.15, 0.2) is 41.7 Å². The Hall–Kier alpha value is -2.34. The largest absolute Gasteiger partial charge is 0.357 e. The summed E-state index contributed by atoms with van der Waals surface area (Å²) in [5.41, 5.74) is 3.93. The first-order valence-electron chi connectivity index (χ1n) is 9.94. The maximum Gasteiger partial charge on any atom is 0.194 e. The summed E-state index contributed by atoms with van der Waals surface area (Å²) in [4.78, 5) is 9.72. The summed E-state index contributed by atoms with van der Waals surface area (Å²) in [6.07, 6.45) is 3.95. The van der Waals surface area contributed by atoms with Gasteiger partial charge in [0.15, 0.2) is 5.96 Å². The number of rotatable bonds is 6. The van der Waals surface area contributed by atoms with Crippen LogP contribution in [0.5, 0.6) is 0 Å². The van der Waals surface area contributed by atoms with Crippen LogP contribution in [0.2, 0.25) is 0 Å². The Morgan fingerprint density at radius 1 is 1.15 bits per heavy atom. The molecule has 27 heavy (non-hydrogen) atoms. The molecule has 1 saturated heterocycles. The van der Waals surface area contributed by atoms with Crippen molar-refractivity contribution in [2.75, 3.05) is 39.3 Å². The van der Waals surface area contributed by atoms with Gasteiger partial charge in [-0.25, -0.2) is 0 Å². The van der Waals surface area contributed by atoms with E-state index in [1.807, 2.05) is 10.9 Å². The number of piperazine rings is 1. The van der Waals surface area contributed by atoms with E-state index >= 15 is 0 Å². The lowest BCUT2D eigenvalue weighted by molar-refractivity contribution is 0.172. The zero-order chi connectivity index (χ0) is 19.1. The van der Waals surface area contributed by atoms with E-state index in [2.05, 4.69) is 71.4 Å². The number of aromatic nitrogens is 2. The number of nitrogens with one attached hydrogen (secondary N) is 1. The van der Waals surface area contributed by atoms with Gasteiger partial charge in [0.05, 0.1) is 19.3 Å². The van der Waals surface area contributed by atoms with Crippen LogP contribution in [-0.2, 0) is 13.1 Å². The summed E-state index contributed by atoms with van der Waals surface area (Å²) in [7, 11) is 0. The zero-order valence-electron chi connectivity index (χ0n) is 16.9. The molecule has 0 radical (unpaired) electrons. The number of benzene rings is 1. The fraction of sp³-hybridized carbons (Fsp3) is 0.524. The standard InChI is InChI=1S/C21H32N6/c1-4-22-21(23-8-9-27-16-19(3)15-24-27)26-12-10-25(11-13-26)17-20-7-5-6-18(2)14-20/h5-7,14-16H,4,8-13,17H2,1-3H3,(H,22,23). The molecule has 2 heterocycles. The zero-order valence-corrected chi connectivity index (χ0v) is 16.9. The van der Waals surface area contributed by atoms with Gasteiger partial charge in [-0.05, 0) is 31.9 Å². The van der Waals surface area contributed by atoms with Crippen LogP contribution < -0.4 is 5.32 Å². The molecule has 0 spiro atoms. The highest BCUT2D eigenvalue weighted by Gasteiger charge is 2.19. The predicted octanol–water partition coefficient (Wildman–Crippen LogP) is 2.28. The molecule has 0 aliphatic carbocycles. The molecule has 6 nitrogen and oxygen atoms in total. The number of guanidine groups is 1. The summed E-state index contributed by atoms with van der Waals surface area (Å²) in [6, 6.07) is 8.82. The van der Waals surface area contributed by atoms with Crippen molar-refractivity contribution in [2.24, 2.45) is 4.99 Å². The molecular formula is C21H32N6. The fourth-order valence-corrected chi connectivity index (χ4v) is 3.46. The number of hydrogen-bond acceptors (Lipinski definition) is 3. The van der Waals surface area contributed by atoms with Gasteiger partial charge in [-0.15, -0.1) is 0 Å². The van der Waals surface area contributed by atoms with E-state index in [1.165, 1.54) is 16.7 Å². The van der Waals surface area contributed by atoms with E-state index in [0.717, 1.165) is 58.3 Å². The molecular weight excluding hydrogens is 336 g/mol. The lowest BCUT2D eigenvalue weighted by Crippen LogP contribution is -2.52. The SMILES string of the molecule is CCNC(=NCCn1cc(C)cn1)N1CCN(Cc2cccc(C)c2)CC1. The third kappa shape index (κ3) is 5.82.